The molecule has 0 aromatic heterocycles. The van der Waals surface area contributed by atoms with Gasteiger partial charge in [0.05, 0.1) is 18.3 Å². The van der Waals surface area contributed by atoms with Crippen molar-refractivity contribution in [2.45, 2.75) is 25.4 Å². The van der Waals surface area contributed by atoms with E-state index in [4.69, 9.17) is 5.11 Å². The number of thioether (sulfide) groups is 1. The van der Waals surface area contributed by atoms with Crippen molar-refractivity contribution in [3.63, 3.8) is 0 Å². The number of carboxylic acid groups (broad SMARTS) is 1. The summed E-state index contributed by atoms with van der Waals surface area (Å²) in [4.78, 5) is 36.4. The van der Waals surface area contributed by atoms with Gasteiger partial charge in [-0.05, 0) is 17.7 Å². The molecule has 1 aromatic carbocycles. The molecule has 2 amide bonds. The third-order valence-electron chi connectivity index (χ3n) is 3.56. The number of rotatable bonds is 5. The van der Waals surface area contributed by atoms with E-state index in [1.54, 1.807) is 0 Å². The molecule has 1 fully saturated rings. The van der Waals surface area contributed by atoms with E-state index in [2.05, 4.69) is 5.32 Å². The van der Waals surface area contributed by atoms with E-state index >= 15 is 0 Å². The Hall–Kier alpha value is -2.09. The van der Waals surface area contributed by atoms with Gasteiger partial charge in [0.25, 0.3) is 0 Å². The molecule has 8 heteroatoms. The topological polar surface area (TPSA) is 86.7 Å². The normalized spacial score (nSPS) is 18.5. The molecule has 2 rings (SSSR count). The summed E-state index contributed by atoms with van der Waals surface area (Å²) in [5.74, 6) is -1.22. The van der Waals surface area contributed by atoms with Crippen molar-refractivity contribution < 1.29 is 23.9 Å². The highest BCUT2D eigenvalue weighted by Gasteiger charge is 2.34. The van der Waals surface area contributed by atoms with Crippen LogP contribution in [-0.2, 0) is 14.4 Å². The second-order valence-electron chi connectivity index (χ2n) is 5.22. The largest absolute Gasteiger partial charge is 0.481 e. The van der Waals surface area contributed by atoms with Gasteiger partial charge in [-0.3, -0.25) is 14.4 Å². The Bertz CT molecular complexity index is 608. The molecule has 23 heavy (non-hydrogen) atoms. The maximum absolute atomic E-state index is 13.0. The second kappa shape index (κ2) is 7.45. The SMILES string of the molecule is CC(=O)N1CSC[C@@H]1C(=O)N[C@H](CC(=O)O)c1ccc(F)cc1. The lowest BCUT2D eigenvalue weighted by Crippen LogP contribution is -2.47. The van der Waals surface area contributed by atoms with Crippen LogP contribution in [0.25, 0.3) is 0 Å². The molecule has 2 atom stereocenters. The van der Waals surface area contributed by atoms with Gasteiger partial charge in [-0.25, -0.2) is 4.39 Å². The molecular formula is C15H17FN2O4S. The molecule has 0 unspecified atom stereocenters. The minimum atomic E-state index is -1.08. The molecule has 1 saturated heterocycles. The van der Waals surface area contributed by atoms with Gasteiger partial charge in [0.1, 0.15) is 11.9 Å². The van der Waals surface area contributed by atoms with Crippen molar-refractivity contribution in [2.24, 2.45) is 0 Å². The van der Waals surface area contributed by atoms with Crippen molar-refractivity contribution in [3.05, 3.63) is 35.6 Å². The van der Waals surface area contributed by atoms with E-state index in [0.29, 0.717) is 17.2 Å². The molecule has 6 nitrogen and oxygen atoms in total. The first kappa shape index (κ1) is 17.3. The zero-order valence-electron chi connectivity index (χ0n) is 12.5. The molecule has 2 N–H and O–H groups in total. The van der Waals surface area contributed by atoms with Crippen LogP contribution >= 0.6 is 11.8 Å². The van der Waals surface area contributed by atoms with Gasteiger partial charge < -0.3 is 15.3 Å². The minimum Gasteiger partial charge on any atom is -0.481 e. The number of benzene rings is 1. The van der Waals surface area contributed by atoms with E-state index < -0.39 is 29.8 Å². The van der Waals surface area contributed by atoms with Crippen molar-refractivity contribution in [3.8, 4) is 0 Å². The number of carbonyl (C=O) groups excluding carboxylic acids is 2. The number of nitrogens with zero attached hydrogens (tertiary/aromatic N) is 1. The maximum atomic E-state index is 13.0. The minimum absolute atomic E-state index is 0.202. The lowest BCUT2D eigenvalue weighted by molar-refractivity contribution is -0.139. The Balaban J connectivity index is 2.14. The number of nitrogens with one attached hydrogen (secondary N) is 1. The van der Waals surface area contributed by atoms with Gasteiger partial charge in [-0.15, -0.1) is 11.8 Å². The summed E-state index contributed by atoms with van der Waals surface area (Å²) >= 11 is 1.46. The third kappa shape index (κ3) is 4.44. The van der Waals surface area contributed by atoms with E-state index in [9.17, 15) is 18.8 Å². The van der Waals surface area contributed by atoms with Crippen LogP contribution in [0.1, 0.15) is 24.9 Å². The van der Waals surface area contributed by atoms with Crippen LogP contribution in [0.2, 0.25) is 0 Å². The first-order chi connectivity index (χ1) is 10.9. The molecule has 0 saturated carbocycles. The highest BCUT2D eigenvalue weighted by Crippen LogP contribution is 2.23. The zero-order chi connectivity index (χ0) is 17.0. The fraction of sp³-hybridized carbons (Fsp3) is 0.400. The predicted octanol–water partition coefficient (Wildman–Crippen LogP) is 1.38. The summed E-state index contributed by atoms with van der Waals surface area (Å²) in [6.07, 6.45) is -0.322. The smallest absolute Gasteiger partial charge is 0.305 e. The fourth-order valence-electron chi connectivity index (χ4n) is 2.36. The van der Waals surface area contributed by atoms with Gasteiger partial charge in [-0.1, -0.05) is 12.1 Å². The van der Waals surface area contributed by atoms with Gasteiger partial charge in [0, 0.05) is 12.7 Å². The lowest BCUT2D eigenvalue weighted by atomic mass is 10.0. The Morgan fingerprint density at radius 3 is 2.61 bits per heavy atom. The van der Waals surface area contributed by atoms with Crippen LogP contribution in [0, 0.1) is 5.82 Å². The van der Waals surface area contributed by atoms with Gasteiger partial charge in [0.15, 0.2) is 0 Å². The van der Waals surface area contributed by atoms with E-state index in [1.165, 1.54) is 47.9 Å². The molecule has 1 aliphatic heterocycles. The van der Waals surface area contributed by atoms with Gasteiger partial charge in [0.2, 0.25) is 11.8 Å². The molecule has 0 spiro atoms. The lowest BCUT2D eigenvalue weighted by Gasteiger charge is -2.24. The van der Waals surface area contributed by atoms with E-state index in [1.807, 2.05) is 0 Å². The predicted molar refractivity (Wildman–Crippen MR) is 83.2 cm³/mol. The van der Waals surface area contributed by atoms with Crippen LogP contribution in [0.4, 0.5) is 4.39 Å². The molecule has 1 aliphatic rings. The van der Waals surface area contributed by atoms with Gasteiger partial charge >= 0.3 is 5.97 Å². The van der Waals surface area contributed by atoms with Crippen LogP contribution in [0.5, 0.6) is 0 Å². The monoisotopic (exact) mass is 340 g/mol. The highest BCUT2D eigenvalue weighted by molar-refractivity contribution is 7.99. The number of aliphatic carboxylic acids is 1. The Labute approximate surface area is 137 Å². The van der Waals surface area contributed by atoms with Crippen LogP contribution in [-0.4, -0.2) is 45.5 Å². The summed E-state index contributed by atoms with van der Waals surface area (Å²) in [5, 5.41) is 11.7. The summed E-state index contributed by atoms with van der Waals surface area (Å²) < 4.78 is 13.0. The molecule has 124 valence electrons. The molecule has 1 heterocycles. The number of hydrogen-bond acceptors (Lipinski definition) is 4. The zero-order valence-corrected chi connectivity index (χ0v) is 13.3. The van der Waals surface area contributed by atoms with E-state index in [0.717, 1.165) is 0 Å². The second-order valence-corrected chi connectivity index (χ2v) is 6.21. The average Bonchev–Trinajstić information content (AvgIpc) is 2.96. The number of carboxylic acids is 1. The number of hydrogen-bond donors (Lipinski definition) is 2. The first-order valence-corrected chi connectivity index (χ1v) is 8.16. The van der Waals surface area contributed by atoms with Crippen LogP contribution in [0.3, 0.4) is 0 Å². The van der Waals surface area contributed by atoms with Crippen LogP contribution in [0.15, 0.2) is 24.3 Å². The number of carbonyl (C=O) groups is 3. The van der Waals surface area contributed by atoms with Crippen molar-refractivity contribution >= 4 is 29.5 Å². The molecular weight excluding hydrogens is 323 g/mol. The number of amides is 2. The molecule has 1 aromatic rings. The fourth-order valence-corrected chi connectivity index (χ4v) is 3.58. The number of halogens is 1. The highest BCUT2D eigenvalue weighted by atomic mass is 32.2. The summed E-state index contributed by atoms with van der Waals surface area (Å²) in [6.45, 7) is 1.39. The van der Waals surface area contributed by atoms with Crippen LogP contribution < -0.4 is 5.32 Å². The van der Waals surface area contributed by atoms with Crippen molar-refractivity contribution in [2.75, 3.05) is 11.6 Å². The first-order valence-electron chi connectivity index (χ1n) is 7.01. The standard InChI is InChI=1S/C15H17FN2O4S/c1-9(19)18-8-23-7-13(18)15(22)17-12(6-14(20)21)10-2-4-11(16)5-3-10/h2-5,12-13H,6-8H2,1H3,(H,17,22)(H,20,21)/t12-,13-/m1/s1. The maximum Gasteiger partial charge on any atom is 0.305 e. The Kier molecular flexibility index (Phi) is 5.59. The van der Waals surface area contributed by atoms with E-state index in [-0.39, 0.29) is 12.3 Å². The quantitative estimate of drug-likeness (QED) is 0.846. The molecule has 0 aliphatic carbocycles. The van der Waals surface area contributed by atoms with Gasteiger partial charge in [-0.2, -0.15) is 0 Å². The van der Waals surface area contributed by atoms with Crippen molar-refractivity contribution in [1.29, 1.82) is 0 Å². The third-order valence-corrected chi connectivity index (χ3v) is 4.57. The average molecular weight is 340 g/mol. The Morgan fingerprint density at radius 1 is 1.39 bits per heavy atom. The molecule has 0 radical (unpaired) electrons. The summed E-state index contributed by atoms with van der Waals surface area (Å²) in [5.41, 5.74) is 0.502. The summed E-state index contributed by atoms with van der Waals surface area (Å²) in [6, 6.07) is 3.91. The summed E-state index contributed by atoms with van der Waals surface area (Å²) in [7, 11) is 0. The van der Waals surface area contributed by atoms with Crippen molar-refractivity contribution in [1.82, 2.24) is 10.2 Å². The molecule has 0 bridgehead atoms. The Morgan fingerprint density at radius 2 is 2.04 bits per heavy atom.